The molecule has 1 amide bonds. The lowest BCUT2D eigenvalue weighted by atomic mass is 9.97. The number of likely N-dealkylation sites (N-methyl/N-ethyl adjacent to an activating group) is 1. The maximum atomic E-state index is 13.1. The Morgan fingerprint density at radius 1 is 1.03 bits per heavy atom. The lowest BCUT2D eigenvalue weighted by Crippen LogP contribution is -2.41. The molecule has 1 fully saturated rings. The van der Waals surface area contributed by atoms with Gasteiger partial charge >= 0.3 is 0 Å². The van der Waals surface area contributed by atoms with Gasteiger partial charge in [0.15, 0.2) is 0 Å². The van der Waals surface area contributed by atoms with Gasteiger partial charge in [0.25, 0.3) is 0 Å². The molecule has 0 unspecified atom stereocenters. The van der Waals surface area contributed by atoms with Crippen molar-refractivity contribution in [3.63, 3.8) is 0 Å². The van der Waals surface area contributed by atoms with Gasteiger partial charge in [0, 0.05) is 45.0 Å². The van der Waals surface area contributed by atoms with Gasteiger partial charge in [-0.15, -0.1) is 0 Å². The van der Waals surface area contributed by atoms with Crippen molar-refractivity contribution in [2.75, 3.05) is 58.7 Å². The van der Waals surface area contributed by atoms with E-state index in [1.807, 2.05) is 11.0 Å². The molecule has 32 heavy (non-hydrogen) atoms. The van der Waals surface area contributed by atoms with Gasteiger partial charge in [0.05, 0.1) is 6.54 Å². The molecule has 5 heteroatoms. The van der Waals surface area contributed by atoms with Crippen molar-refractivity contribution >= 4 is 11.6 Å². The van der Waals surface area contributed by atoms with Gasteiger partial charge in [-0.1, -0.05) is 42.5 Å². The van der Waals surface area contributed by atoms with E-state index >= 15 is 0 Å². The molecule has 1 aliphatic heterocycles. The lowest BCUT2D eigenvalue weighted by Gasteiger charge is -2.30. The Kier molecular flexibility index (Phi) is 7.82. The van der Waals surface area contributed by atoms with Gasteiger partial charge in [-0.25, -0.2) is 0 Å². The first-order valence-corrected chi connectivity index (χ1v) is 12.1. The zero-order valence-electron chi connectivity index (χ0n) is 19.7. The summed E-state index contributed by atoms with van der Waals surface area (Å²) in [6.07, 6.45) is 4.76. The van der Waals surface area contributed by atoms with Crippen LogP contribution in [0.25, 0.3) is 0 Å². The van der Waals surface area contributed by atoms with Crippen molar-refractivity contribution in [1.82, 2.24) is 14.7 Å². The average Bonchev–Trinajstić information content (AvgIpc) is 3.62. The van der Waals surface area contributed by atoms with E-state index in [1.54, 1.807) is 0 Å². The molecule has 2 aromatic carbocycles. The number of rotatable bonds is 11. The largest absolute Gasteiger partial charge is 0.376 e. The highest BCUT2D eigenvalue weighted by Crippen LogP contribution is 2.32. The summed E-state index contributed by atoms with van der Waals surface area (Å²) in [6, 6.07) is 17.0. The molecule has 172 valence electrons. The van der Waals surface area contributed by atoms with E-state index in [9.17, 15) is 4.79 Å². The van der Waals surface area contributed by atoms with Crippen LogP contribution in [0.5, 0.6) is 0 Å². The molecule has 1 aliphatic carbocycles. The molecule has 0 radical (unpaired) electrons. The predicted octanol–water partition coefficient (Wildman–Crippen LogP) is 3.50. The molecule has 0 bridgehead atoms. The molecule has 0 atom stereocenters. The maximum Gasteiger partial charge on any atom is 0.241 e. The molecule has 5 nitrogen and oxygen atoms in total. The van der Waals surface area contributed by atoms with Crippen LogP contribution in [0.4, 0.5) is 5.69 Å². The van der Waals surface area contributed by atoms with Crippen LogP contribution in [-0.4, -0.2) is 74.0 Å². The number of hydrogen-bond donors (Lipinski definition) is 1. The smallest absolute Gasteiger partial charge is 0.241 e. The van der Waals surface area contributed by atoms with E-state index in [2.05, 4.69) is 71.7 Å². The van der Waals surface area contributed by atoms with Crippen LogP contribution in [-0.2, 0) is 24.2 Å². The van der Waals surface area contributed by atoms with E-state index in [0.717, 1.165) is 57.2 Å². The monoisotopic (exact) mass is 434 g/mol. The third kappa shape index (κ3) is 6.57. The van der Waals surface area contributed by atoms with Crippen molar-refractivity contribution < 1.29 is 4.79 Å². The summed E-state index contributed by atoms with van der Waals surface area (Å²) >= 11 is 0. The summed E-state index contributed by atoms with van der Waals surface area (Å²) in [7, 11) is 4.11. The number of anilines is 1. The van der Waals surface area contributed by atoms with Crippen molar-refractivity contribution in [3.8, 4) is 0 Å². The van der Waals surface area contributed by atoms with Gasteiger partial charge in [0.2, 0.25) is 5.91 Å². The normalized spacial score (nSPS) is 16.1. The second-order valence-electron chi connectivity index (χ2n) is 9.64. The highest BCUT2D eigenvalue weighted by atomic mass is 16.2. The Morgan fingerprint density at radius 3 is 2.59 bits per heavy atom. The molecule has 1 saturated carbocycles. The highest BCUT2D eigenvalue weighted by molar-refractivity contribution is 5.81. The molecule has 0 aromatic heterocycles. The number of nitrogens with one attached hydrogen (secondary N) is 1. The zero-order chi connectivity index (χ0) is 22.3. The molecule has 4 rings (SSSR count). The van der Waals surface area contributed by atoms with E-state index in [-0.39, 0.29) is 5.91 Å². The fourth-order valence-electron chi connectivity index (χ4n) is 4.53. The second kappa shape index (κ2) is 11.0. The van der Waals surface area contributed by atoms with Crippen LogP contribution in [0.2, 0.25) is 0 Å². The highest BCUT2D eigenvalue weighted by Gasteiger charge is 2.27. The van der Waals surface area contributed by atoms with Gasteiger partial charge in [-0.2, -0.15) is 0 Å². The molecule has 1 heterocycles. The van der Waals surface area contributed by atoms with E-state index in [1.165, 1.54) is 36.1 Å². The molecule has 0 saturated heterocycles. The Labute approximate surface area is 193 Å². The minimum Gasteiger partial charge on any atom is -0.376 e. The molecular formula is C27H38N4O. The fourth-order valence-corrected chi connectivity index (χ4v) is 4.53. The summed E-state index contributed by atoms with van der Waals surface area (Å²) in [6.45, 7) is 6.15. The van der Waals surface area contributed by atoms with E-state index in [0.29, 0.717) is 6.54 Å². The van der Waals surface area contributed by atoms with Crippen LogP contribution in [0.15, 0.2) is 48.5 Å². The number of benzene rings is 2. The Hall–Kier alpha value is -2.37. The number of hydrogen-bond acceptors (Lipinski definition) is 4. The summed E-state index contributed by atoms with van der Waals surface area (Å²) in [4.78, 5) is 19.9. The first kappa shape index (κ1) is 22.8. The first-order chi connectivity index (χ1) is 15.6. The lowest BCUT2D eigenvalue weighted by molar-refractivity contribution is -0.129. The average molecular weight is 435 g/mol. The Bertz CT molecular complexity index is 878. The summed E-state index contributed by atoms with van der Waals surface area (Å²) < 4.78 is 0. The molecule has 1 N–H and O–H groups in total. The SMILES string of the molecule is CN(C)CCN(CCc1ccccc1)C(=O)CNc1cccc2c1CCN(CC1CC1)C2. The zero-order valence-corrected chi connectivity index (χ0v) is 19.7. The van der Waals surface area contributed by atoms with Crippen LogP contribution in [0.1, 0.15) is 29.5 Å². The summed E-state index contributed by atoms with van der Waals surface area (Å²) in [5, 5.41) is 3.48. The van der Waals surface area contributed by atoms with Gasteiger partial charge < -0.3 is 15.1 Å². The topological polar surface area (TPSA) is 38.8 Å². The van der Waals surface area contributed by atoms with Crippen LogP contribution in [0, 0.1) is 5.92 Å². The van der Waals surface area contributed by atoms with Crippen molar-refractivity contribution in [2.45, 2.75) is 32.2 Å². The quantitative estimate of drug-likeness (QED) is 0.588. The third-order valence-corrected chi connectivity index (χ3v) is 6.67. The predicted molar refractivity (Wildman–Crippen MR) is 132 cm³/mol. The number of amides is 1. The van der Waals surface area contributed by atoms with Crippen LogP contribution >= 0.6 is 0 Å². The van der Waals surface area contributed by atoms with Gasteiger partial charge in [-0.3, -0.25) is 9.69 Å². The number of carbonyl (C=O) groups is 1. The Balaban J connectivity index is 1.34. The van der Waals surface area contributed by atoms with E-state index < -0.39 is 0 Å². The standard InChI is InChI=1S/C27H38N4O/c1-29(2)17-18-31(16-13-22-7-4-3-5-8-22)27(32)19-28-26-10-6-9-24-21-30(15-14-25(24)26)20-23-11-12-23/h3-10,23,28H,11-21H2,1-2H3. The minimum absolute atomic E-state index is 0.173. The number of carbonyl (C=O) groups excluding carboxylic acids is 1. The fraction of sp³-hybridized carbons (Fsp3) is 0.519. The van der Waals surface area contributed by atoms with Crippen molar-refractivity contribution in [1.29, 1.82) is 0 Å². The Morgan fingerprint density at radius 2 is 1.84 bits per heavy atom. The van der Waals surface area contributed by atoms with Crippen LogP contribution in [0.3, 0.4) is 0 Å². The van der Waals surface area contributed by atoms with Gasteiger partial charge in [-0.05, 0) is 68.5 Å². The van der Waals surface area contributed by atoms with Gasteiger partial charge in [0.1, 0.15) is 0 Å². The summed E-state index contributed by atoms with van der Waals surface area (Å²) in [5.41, 5.74) is 5.23. The third-order valence-electron chi connectivity index (χ3n) is 6.67. The maximum absolute atomic E-state index is 13.1. The van der Waals surface area contributed by atoms with Crippen LogP contribution < -0.4 is 5.32 Å². The van der Waals surface area contributed by atoms with Crippen molar-refractivity contribution in [3.05, 3.63) is 65.2 Å². The first-order valence-electron chi connectivity index (χ1n) is 12.1. The number of nitrogens with zero attached hydrogens (tertiary/aromatic N) is 3. The minimum atomic E-state index is 0.173. The number of fused-ring (bicyclic) bond motifs is 1. The second-order valence-corrected chi connectivity index (χ2v) is 9.64. The summed E-state index contributed by atoms with van der Waals surface area (Å²) in [5.74, 6) is 1.10. The molecule has 0 spiro atoms. The molecular weight excluding hydrogens is 396 g/mol. The molecule has 2 aliphatic rings. The van der Waals surface area contributed by atoms with E-state index in [4.69, 9.17) is 0 Å². The molecule has 2 aromatic rings. The van der Waals surface area contributed by atoms with Crippen molar-refractivity contribution in [2.24, 2.45) is 5.92 Å².